The van der Waals surface area contributed by atoms with E-state index in [0.717, 1.165) is 5.56 Å². The van der Waals surface area contributed by atoms with Crippen LogP contribution in [-0.2, 0) is 6.54 Å². The molecule has 2 rings (SSSR count). The fraction of sp³-hybridized carbons (Fsp3) is 0.154. The van der Waals surface area contributed by atoms with Gasteiger partial charge in [0.2, 0.25) is 0 Å². The lowest BCUT2D eigenvalue weighted by atomic mass is 10.1. The number of hydrazine groups is 1. The summed E-state index contributed by atoms with van der Waals surface area (Å²) in [6.07, 6.45) is 3.21. The Morgan fingerprint density at radius 1 is 1.42 bits per heavy atom. The number of nitriles is 1. The van der Waals surface area contributed by atoms with Crippen molar-refractivity contribution in [2.45, 2.75) is 6.54 Å². The molecule has 96 valence electrons. The Kier molecular flexibility index (Phi) is 3.90. The molecule has 6 heteroatoms. The average molecular weight is 254 g/mol. The molecule has 3 N–H and O–H groups in total. The third-order valence-corrected chi connectivity index (χ3v) is 2.64. The first-order valence-electron chi connectivity index (χ1n) is 5.72. The van der Waals surface area contributed by atoms with E-state index in [9.17, 15) is 0 Å². The van der Waals surface area contributed by atoms with Gasteiger partial charge in [-0.25, -0.2) is 10.8 Å². The van der Waals surface area contributed by atoms with Crippen molar-refractivity contribution >= 4 is 11.6 Å². The summed E-state index contributed by atoms with van der Waals surface area (Å²) in [5.74, 6) is 6.52. The van der Waals surface area contributed by atoms with Crippen LogP contribution in [0.1, 0.15) is 11.1 Å². The normalized spacial score (nSPS) is 9.74. The quantitative estimate of drug-likeness (QED) is 0.630. The van der Waals surface area contributed by atoms with E-state index in [2.05, 4.69) is 21.5 Å². The minimum Gasteiger partial charge on any atom is -0.354 e. The maximum atomic E-state index is 8.87. The summed E-state index contributed by atoms with van der Waals surface area (Å²) in [5, 5.41) is 8.87. The first-order chi connectivity index (χ1) is 9.22. The van der Waals surface area contributed by atoms with Crippen LogP contribution in [0.5, 0.6) is 0 Å². The van der Waals surface area contributed by atoms with Crippen molar-refractivity contribution < 1.29 is 0 Å². The maximum absolute atomic E-state index is 8.87. The van der Waals surface area contributed by atoms with Crippen LogP contribution in [-0.4, -0.2) is 17.0 Å². The van der Waals surface area contributed by atoms with Gasteiger partial charge in [0.15, 0.2) is 5.82 Å². The Morgan fingerprint density at radius 3 is 3.00 bits per heavy atom. The first-order valence-corrected chi connectivity index (χ1v) is 5.72. The highest BCUT2D eigenvalue weighted by Gasteiger charge is 2.05. The van der Waals surface area contributed by atoms with Gasteiger partial charge in [0.25, 0.3) is 0 Å². The van der Waals surface area contributed by atoms with Gasteiger partial charge in [-0.2, -0.15) is 5.26 Å². The number of nitrogen functional groups attached to an aromatic ring is 1. The van der Waals surface area contributed by atoms with Crippen LogP contribution in [0.4, 0.5) is 11.6 Å². The van der Waals surface area contributed by atoms with Crippen molar-refractivity contribution in [1.29, 1.82) is 5.26 Å². The highest BCUT2D eigenvalue weighted by atomic mass is 15.3. The number of nitrogens with one attached hydrogen (secondary N) is 1. The van der Waals surface area contributed by atoms with E-state index in [1.54, 1.807) is 18.5 Å². The topological polar surface area (TPSA) is 90.9 Å². The molecule has 0 saturated carbocycles. The highest BCUT2D eigenvalue weighted by molar-refractivity contribution is 5.43. The molecule has 1 aromatic carbocycles. The number of anilines is 2. The van der Waals surface area contributed by atoms with Crippen LogP contribution in [0, 0.1) is 11.3 Å². The molecular weight excluding hydrogens is 240 g/mol. The zero-order valence-electron chi connectivity index (χ0n) is 10.5. The Morgan fingerprint density at radius 2 is 2.26 bits per heavy atom. The predicted octanol–water partition coefficient (Wildman–Crippen LogP) is 1.27. The molecule has 0 unspecified atom stereocenters. The molecule has 0 saturated heterocycles. The molecule has 0 fully saturated rings. The second-order valence-corrected chi connectivity index (χ2v) is 4.08. The molecule has 0 radical (unpaired) electrons. The van der Waals surface area contributed by atoms with Gasteiger partial charge < -0.3 is 10.3 Å². The van der Waals surface area contributed by atoms with Gasteiger partial charge in [-0.15, -0.1) is 0 Å². The summed E-state index contributed by atoms with van der Waals surface area (Å²) < 4.78 is 0. The molecular formula is C13H14N6. The number of benzene rings is 1. The summed E-state index contributed by atoms with van der Waals surface area (Å²) in [5.41, 5.74) is 4.15. The van der Waals surface area contributed by atoms with Crippen LogP contribution >= 0.6 is 0 Å². The van der Waals surface area contributed by atoms with Crippen LogP contribution in [0.3, 0.4) is 0 Å². The Hall–Kier alpha value is -2.65. The van der Waals surface area contributed by atoms with Crippen molar-refractivity contribution in [3.63, 3.8) is 0 Å². The number of nitrogens with two attached hydrogens (primary N) is 1. The van der Waals surface area contributed by atoms with Gasteiger partial charge in [-0.1, -0.05) is 12.1 Å². The molecule has 0 amide bonds. The minimum absolute atomic E-state index is 0.509. The van der Waals surface area contributed by atoms with E-state index in [1.165, 1.54) is 0 Å². The van der Waals surface area contributed by atoms with E-state index < -0.39 is 0 Å². The predicted molar refractivity (Wildman–Crippen MR) is 73.1 cm³/mol. The number of nitrogens with zero attached hydrogens (tertiary/aromatic N) is 4. The lowest BCUT2D eigenvalue weighted by molar-refractivity contribution is 0.889. The van der Waals surface area contributed by atoms with Crippen LogP contribution in [0.15, 0.2) is 36.7 Å². The molecule has 0 atom stereocenters. The van der Waals surface area contributed by atoms with Crippen LogP contribution in [0.2, 0.25) is 0 Å². The maximum Gasteiger partial charge on any atom is 0.160 e. The minimum atomic E-state index is 0.509. The summed E-state index contributed by atoms with van der Waals surface area (Å²) in [6.45, 7) is 0.637. The van der Waals surface area contributed by atoms with Crippen molar-refractivity contribution in [2.24, 2.45) is 5.84 Å². The van der Waals surface area contributed by atoms with Crippen molar-refractivity contribution in [3.05, 3.63) is 47.8 Å². The smallest absolute Gasteiger partial charge is 0.160 e. The summed E-state index contributed by atoms with van der Waals surface area (Å²) in [6, 6.07) is 9.60. The molecule has 19 heavy (non-hydrogen) atoms. The van der Waals surface area contributed by atoms with Crippen molar-refractivity contribution in [2.75, 3.05) is 17.4 Å². The van der Waals surface area contributed by atoms with Gasteiger partial charge >= 0.3 is 0 Å². The largest absolute Gasteiger partial charge is 0.354 e. The zero-order valence-corrected chi connectivity index (χ0v) is 10.5. The standard InChI is InChI=1S/C13H14N6/c1-19(13-8-16-7-12(17-13)18-15)9-11-4-2-3-10(5-11)6-14/h2-5,7-8H,9,15H2,1H3,(H,17,18). The second kappa shape index (κ2) is 5.80. The van der Waals surface area contributed by atoms with E-state index in [0.29, 0.717) is 23.7 Å². The zero-order chi connectivity index (χ0) is 13.7. The molecule has 0 spiro atoms. The summed E-state index contributed by atoms with van der Waals surface area (Å²) in [4.78, 5) is 10.3. The Labute approximate surface area is 111 Å². The summed E-state index contributed by atoms with van der Waals surface area (Å²) in [7, 11) is 1.91. The van der Waals surface area contributed by atoms with E-state index in [-0.39, 0.29) is 0 Å². The SMILES string of the molecule is CN(Cc1cccc(C#N)c1)c1cncc(NN)n1. The van der Waals surface area contributed by atoms with Crippen LogP contribution < -0.4 is 16.2 Å². The fourth-order valence-electron chi connectivity index (χ4n) is 1.70. The lowest BCUT2D eigenvalue weighted by Crippen LogP contribution is -2.19. The Bertz CT molecular complexity index is 604. The molecule has 0 aliphatic rings. The van der Waals surface area contributed by atoms with Crippen molar-refractivity contribution in [3.8, 4) is 6.07 Å². The molecule has 0 aliphatic carbocycles. The molecule has 6 nitrogen and oxygen atoms in total. The summed E-state index contributed by atoms with van der Waals surface area (Å²) >= 11 is 0. The van der Waals surface area contributed by atoms with Gasteiger partial charge in [-0.3, -0.25) is 4.98 Å². The second-order valence-electron chi connectivity index (χ2n) is 4.08. The van der Waals surface area contributed by atoms with Gasteiger partial charge in [-0.05, 0) is 17.7 Å². The molecule has 0 aliphatic heterocycles. The molecule has 2 aromatic rings. The monoisotopic (exact) mass is 254 g/mol. The number of hydrogen-bond donors (Lipinski definition) is 2. The van der Waals surface area contributed by atoms with E-state index >= 15 is 0 Å². The Balaban J connectivity index is 2.15. The van der Waals surface area contributed by atoms with E-state index in [1.807, 2.05) is 30.1 Å². The molecule has 1 aromatic heterocycles. The number of rotatable bonds is 4. The third-order valence-electron chi connectivity index (χ3n) is 2.64. The molecule has 0 bridgehead atoms. The van der Waals surface area contributed by atoms with Crippen molar-refractivity contribution in [1.82, 2.24) is 9.97 Å². The van der Waals surface area contributed by atoms with Crippen LogP contribution in [0.25, 0.3) is 0 Å². The number of hydrogen-bond acceptors (Lipinski definition) is 6. The van der Waals surface area contributed by atoms with Gasteiger partial charge in [0.1, 0.15) is 5.82 Å². The van der Waals surface area contributed by atoms with Gasteiger partial charge in [0, 0.05) is 13.6 Å². The third kappa shape index (κ3) is 3.18. The lowest BCUT2D eigenvalue weighted by Gasteiger charge is -2.18. The number of aromatic nitrogens is 2. The molecule has 1 heterocycles. The average Bonchev–Trinajstić information content (AvgIpc) is 2.47. The highest BCUT2D eigenvalue weighted by Crippen LogP contribution is 2.14. The fourth-order valence-corrected chi connectivity index (χ4v) is 1.70. The van der Waals surface area contributed by atoms with E-state index in [4.69, 9.17) is 11.1 Å². The first kappa shape index (κ1) is 12.8. The van der Waals surface area contributed by atoms with Gasteiger partial charge in [0.05, 0.1) is 24.0 Å².